The van der Waals surface area contributed by atoms with Crippen molar-refractivity contribution in [1.29, 1.82) is 0 Å². The number of carbonyl (C=O) groups excluding carboxylic acids is 1. The van der Waals surface area contributed by atoms with Crippen LogP contribution in [0.4, 0.5) is 5.69 Å². The van der Waals surface area contributed by atoms with E-state index < -0.39 is 0 Å². The Hall–Kier alpha value is -1.99. The van der Waals surface area contributed by atoms with Crippen LogP contribution in [0.2, 0.25) is 0 Å². The number of nitro groups is 1. The fourth-order valence-corrected chi connectivity index (χ4v) is 4.26. The summed E-state index contributed by atoms with van der Waals surface area (Å²) >= 11 is 0. The molecule has 7 nitrogen and oxygen atoms in total. The third kappa shape index (κ3) is 4.65. The second-order valence-electron chi connectivity index (χ2n) is 7.84. The minimum atomic E-state index is -0.356. The molecule has 1 amide bonds. The Morgan fingerprint density at radius 2 is 1.85 bits per heavy atom. The number of nitrogens with zero attached hydrogens (tertiary/aromatic N) is 3. The van der Waals surface area contributed by atoms with Gasteiger partial charge in [0.25, 0.3) is 5.69 Å². The second-order valence-corrected chi connectivity index (χ2v) is 7.84. The summed E-state index contributed by atoms with van der Waals surface area (Å²) in [4.78, 5) is 27.8. The smallest absolute Gasteiger partial charge is 0.269 e. The summed E-state index contributed by atoms with van der Waals surface area (Å²) in [5.41, 5.74) is 1.07. The molecular formula is C20H29N3O4. The molecule has 0 N–H and O–H groups in total. The summed E-state index contributed by atoms with van der Waals surface area (Å²) in [6, 6.07) is 6.94. The molecule has 7 heteroatoms. The lowest BCUT2D eigenvalue weighted by atomic mass is 9.93. The van der Waals surface area contributed by atoms with Gasteiger partial charge in [-0.05, 0) is 52.3 Å². The summed E-state index contributed by atoms with van der Waals surface area (Å²) < 4.78 is 5.73. The summed E-state index contributed by atoms with van der Waals surface area (Å²) in [5.74, 6) is 0.315. The number of piperidine rings is 1. The quantitative estimate of drug-likeness (QED) is 0.597. The average Bonchev–Trinajstić information content (AvgIpc) is 2.66. The molecule has 0 saturated carbocycles. The summed E-state index contributed by atoms with van der Waals surface area (Å²) in [6.07, 6.45) is 1.84. The van der Waals surface area contributed by atoms with E-state index in [1.807, 2.05) is 24.8 Å². The molecule has 2 aliphatic rings. The van der Waals surface area contributed by atoms with Gasteiger partial charge in [-0.2, -0.15) is 0 Å². The summed E-state index contributed by atoms with van der Waals surface area (Å²) in [7, 11) is 0. The first-order valence-corrected chi connectivity index (χ1v) is 9.77. The van der Waals surface area contributed by atoms with E-state index in [0.717, 1.165) is 31.5 Å². The minimum absolute atomic E-state index is 0.0658. The summed E-state index contributed by atoms with van der Waals surface area (Å²) in [5, 5.41) is 11.0. The first kappa shape index (κ1) is 19.8. The van der Waals surface area contributed by atoms with Crippen molar-refractivity contribution < 1.29 is 14.5 Å². The Morgan fingerprint density at radius 3 is 2.44 bits per heavy atom. The Labute approximate surface area is 160 Å². The highest BCUT2D eigenvalue weighted by atomic mass is 16.6. The van der Waals surface area contributed by atoms with Crippen LogP contribution in [0.25, 0.3) is 0 Å². The van der Waals surface area contributed by atoms with Crippen molar-refractivity contribution in [1.82, 2.24) is 9.80 Å². The van der Waals surface area contributed by atoms with Gasteiger partial charge in [-0.1, -0.05) is 12.1 Å². The molecular weight excluding hydrogens is 346 g/mol. The second kappa shape index (κ2) is 8.35. The number of hydrogen-bond donors (Lipinski definition) is 0. The van der Waals surface area contributed by atoms with Crippen molar-refractivity contribution in [3.05, 3.63) is 39.9 Å². The molecule has 0 radical (unpaired) electrons. The van der Waals surface area contributed by atoms with E-state index in [4.69, 9.17) is 4.74 Å². The molecule has 2 heterocycles. The molecule has 0 unspecified atom stereocenters. The maximum absolute atomic E-state index is 12.9. The van der Waals surface area contributed by atoms with E-state index in [0.29, 0.717) is 13.1 Å². The van der Waals surface area contributed by atoms with Gasteiger partial charge < -0.3 is 9.64 Å². The van der Waals surface area contributed by atoms with Gasteiger partial charge in [0.1, 0.15) is 0 Å². The molecule has 1 aromatic rings. The maximum Gasteiger partial charge on any atom is 0.269 e. The van der Waals surface area contributed by atoms with Crippen LogP contribution in [0.5, 0.6) is 0 Å². The number of morpholine rings is 1. The fourth-order valence-electron chi connectivity index (χ4n) is 4.26. The molecule has 0 aromatic heterocycles. The summed E-state index contributed by atoms with van der Waals surface area (Å²) in [6.45, 7) is 9.11. The van der Waals surface area contributed by atoms with E-state index in [-0.39, 0.29) is 40.7 Å². The van der Waals surface area contributed by atoms with Gasteiger partial charge in [0.15, 0.2) is 0 Å². The van der Waals surface area contributed by atoms with Gasteiger partial charge in [0.2, 0.25) is 5.91 Å². The highest BCUT2D eigenvalue weighted by Crippen LogP contribution is 2.29. The number of rotatable bonds is 4. The van der Waals surface area contributed by atoms with Crippen LogP contribution in [0, 0.1) is 16.0 Å². The standard InChI is InChI=1S/C20H29N3O4/c1-14-12-22(13-15(2)27-14)20(24)17-7-9-21(10-8-17)16(3)18-5-4-6-19(11-18)23(25)26/h4-6,11,14-17H,7-10,12-13H2,1-3H3/t14-,15+,16-/m1/s1. The van der Waals surface area contributed by atoms with Crippen molar-refractivity contribution in [2.75, 3.05) is 26.2 Å². The van der Waals surface area contributed by atoms with Crippen molar-refractivity contribution in [2.24, 2.45) is 5.92 Å². The van der Waals surface area contributed by atoms with Crippen LogP contribution in [0.1, 0.15) is 45.2 Å². The maximum atomic E-state index is 12.9. The molecule has 148 valence electrons. The van der Waals surface area contributed by atoms with Gasteiger partial charge in [-0.25, -0.2) is 0 Å². The number of benzene rings is 1. The van der Waals surface area contributed by atoms with Crippen LogP contribution in [-0.4, -0.2) is 59.0 Å². The van der Waals surface area contributed by atoms with E-state index >= 15 is 0 Å². The van der Waals surface area contributed by atoms with Crippen molar-refractivity contribution in [3.63, 3.8) is 0 Å². The number of amides is 1. The first-order valence-electron chi connectivity index (χ1n) is 9.77. The van der Waals surface area contributed by atoms with Gasteiger partial charge >= 0.3 is 0 Å². The van der Waals surface area contributed by atoms with E-state index in [1.54, 1.807) is 12.1 Å². The fraction of sp³-hybridized carbons (Fsp3) is 0.650. The van der Waals surface area contributed by atoms with E-state index in [1.165, 1.54) is 6.07 Å². The molecule has 1 aromatic carbocycles. The number of hydrogen-bond acceptors (Lipinski definition) is 5. The van der Waals surface area contributed by atoms with E-state index in [9.17, 15) is 14.9 Å². The number of ether oxygens (including phenoxy) is 1. The third-order valence-corrected chi connectivity index (χ3v) is 5.72. The van der Waals surface area contributed by atoms with Crippen molar-refractivity contribution in [2.45, 2.75) is 51.9 Å². The van der Waals surface area contributed by atoms with E-state index in [2.05, 4.69) is 11.8 Å². The Morgan fingerprint density at radius 1 is 1.22 bits per heavy atom. The van der Waals surface area contributed by atoms with Crippen molar-refractivity contribution >= 4 is 11.6 Å². The van der Waals surface area contributed by atoms with Gasteiger partial charge in [-0.3, -0.25) is 19.8 Å². The monoisotopic (exact) mass is 375 g/mol. The molecule has 0 bridgehead atoms. The highest BCUT2D eigenvalue weighted by molar-refractivity contribution is 5.79. The predicted octanol–water partition coefficient (Wildman–Crippen LogP) is 3.00. The zero-order chi connectivity index (χ0) is 19.6. The Balaban J connectivity index is 1.57. The largest absolute Gasteiger partial charge is 0.372 e. The zero-order valence-corrected chi connectivity index (χ0v) is 16.3. The van der Waals surface area contributed by atoms with Gasteiger partial charge in [0, 0.05) is 37.2 Å². The Kier molecular flexibility index (Phi) is 6.11. The lowest BCUT2D eigenvalue weighted by Gasteiger charge is -2.40. The normalized spacial score (nSPS) is 26.0. The van der Waals surface area contributed by atoms with Crippen LogP contribution in [-0.2, 0) is 9.53 Å². The zero-order valence-electron chi connectivity index (χ0n) is 16.3. The lowest BCUT2D eigenvalue weighted by Crippen LogP contribution is -2.51. The van der Waals surface area contributed by atoms with Crippen LogP contribution < -0.4 is 0 Å². The number of carbonyl (C=O) groups is 1. The van der Waals surface area contributed by atoms with Crippen LogP contribution >= 0.6 is 0 Å². The third-order valence-electron chi connectivity index (χ3n) is 5.72. The van der Waals surface area contributed by atoms with Gasteiger partial charge in [-0.15, -0.1) is 0 Å². The molecule has 27 heavy (non-hydrogen) atoms. The van der Waals surface area contributed by atoms with Crippen LogP contribution in [0.15, 0.2) is 24.3 Å². The molecule has 3 rings (SSSR count). The van der Waals surface area contributed by atoms with Crippen LogP contribution in [0.3, 0.4) is 0 Å². The molecule has 2 aliphatic heterocycles. The van der Waals surface area contributed by atoms with Crippen molar-refractivity contribution in [3.8, 4) is 0 Å². The minimum Gasteiger partial charge on any atom is -0.372 e. The van der Waals surface area contributed by atoms with Gasteiger partial charge in [0.05, 0.1) is 17.1 Å². The molecule has 0 spiro atoms. The number of non-ortho nitro benzene ring substituents is 1. The number of nitro benzene ring substituents is 1. The topological polar surface area (TPSA) is 75.9 Å². The highest BCUT2D eigenvalue weighted by Gasteiger charge is 2.33. The first-order chi connectivity index (χ1) is 12.8. The molecule has 0 aliphatic carbocycles. The SMILES string of the molecule is C[C@@H]1CN(C(=O)C2CCN([C@H](C)c3cccc([N+](=O)[O-])c3)CC2)C[C@H](C)O1. The average molecular weight is 375 g/mol. The molecule has 2 fully saturated rings. The lowest BCUT2D eigenvalue weighted by molar-refractivity contribution is -0.385. The predicted molar refractivity (Wildman–Crippen MR) is 102 cm³/mol. The molecule has 2 saturated heterocycles. The number of likely N-dealkylation sites (tertiary alicyclic amines) is 1. The Bertz CT molecular complexity index is 678. The molecule has 3 atom stereocenters.